The van der Waals surface area contributed by atoms with Gasteiger partial charge in [0.05, 0.1) is 4.88 Å². The second kappa shape index (κ2) is 7.64. The molecule has 0 spiro atoms. The van der Waals surface area contributed by atoms with Gasteiger partial charge in [0.1, 0.15) is 5.82 Å². The van der Waals surface area contributed by atoms with Crippen molar-refractivity contribution in [3.63, 3.8) is 0 Å². The van der Waals surface area contributed by atoms with Gasteiger partial charge in [-0.3, -0.25) is 4.79 Å². The molecule has 0 aromatic carbocycles. The highest BCUT2D eigenvalue weighted by Crippen LogP contribution is 2.24. The summed E-state index contributed by atoms with van der Waals surface area (Å²) in [5.41, 5.74) is 0.766. The van der Waals surface area contributed by atoms with Crippen LogP contribution in [-0.4, -0.2) is 56.3 Å². The van der Waals surface area contributed by atoms with E-state index >= 15 is 0 Å². The average molecular weight is 385 g/mol. The van der Waals surface area contributed by atoms with E-state index in [9.17, 15) is 4.79 Å². The van der Waals surface area contributed by atoms with E-state index in [0.29, 0.717) is 0 Å². The van der Waals surface area contributed by atoms with Crippen LogP contribution in [0.2, 0.25) is 0 Å². The van der Waals surface area contributed by atoms with E-state index in [1.54, 1.807) is 4.52 Å². The molecule has 27 heavy (non-hydrogen) atoms. The molecular weight excluding hydrogens is 360 g/mol. The van der Waals surface area contributed by atoms with E-state index in [1.165, 1.54) is 11.3 Å². The lowest BCUT2D eigenvalue weighted by Gasteiger charge is -2.38. The zero-order valence-electron chi connectivity index (χ0n) is 15.7. The number of hydrogen-bond donors (Lipinski definition) is 0. The molecule has 1 fully saturated rings. The third-order valence-electron chi connectivity index (χ3n) is 5.09. The van der Waals surface area contributed by atoms with Crippen molar-refractivity contribution < 1.29 is 4.79 Å². The second-order valence-corrected chi connectivity index (χ2v) is 7.85. The topological polar surface area (TPSA) is 66.6 Å². The Bertz CT molecular complexity index is 914. The van der Waals surface area contributed by atoms with Crippen LogP contribution in [0.3, 0.4) is 0 Å². The van der Waals surface area contributed by atoms with Crippen molar-refractivity contribution in [1.82, 2.24) is 24.7 Å². The molecule has 3 aromatic rings. The number of nitrogens with zero attached hydrogens (tertiary/aromatic N) is 6. The average Bonchev–Trinajstić information content (AvgIpc) is 3.36. The summed E-state index contributed by atoms with van der Waals surface area (Å²) in [6.07, 6.45) is 2.89. The minimum absolute atomic E-state index is 0.171. The largest absolute Gasteiger partial charge is 0.355 e. The summed E-state index contributed by atoms with van der Waals surface area (Å²) in [5, 5.41) is 14.8. The van der Waals surface area contributed by atoms with E-state index < -0.39 is 0 Å². The number of hydrogen-bond acceptors (Lipinski definition) is 6. The number of rotatable bonds is 5. The fraction of sp³-hybridized carbons (Fsp3) is 0.474. The predicted molar refractivity (Wildman–Crippen MR) is 106 cm³/mol. The molecule has 7 nitrogen and oxygen atoms in total. The van der Waals surface area contributed by atoms with E-state index in [4.69, 9.17) is 0 Å². The van der Waals surface area contributed by atoms with Crippen LogP contribution in [0.4, 0.5) is 5.82 Å². The molecule has 0 N–H and O–H groups in total. The molecule has 0 unspecified atom stereocenters. The van der Waals surface area contributed by atoms with Gasteiger partial charge in [-0.1, -0.05) is 13.0 Å². The zero-order chi connectivity index (χ0) is 18.8. The first-order valence-electron chi connectivity index (χ1n) is 9.46. The summed E-state index contributed by atoms with van der Waals surface area (Å²) in [5.74, 6) is 1.90. The normalized spacial score (nSPS) is 15.4. The Morgan fingerprint density at radius 2 is 2.07 bits per heavy atom. The van der Waals surface area contributed by atoms with Crippen molar-refractivity contribution in [3.8, 4) is 0 Å². The highest BCUT2D eigenvalue weighted by atomic mass is 32.1. The number of amides is 1. The van der Waals surface area contributed by atoms with Crippen molar-refractivity contribution in [2.75, 3.05) is 24.5 Å². The predicted octanol–water partition coefficient (Wildman–Crippen LogP) is 3.02. The van der Waals surface area contributed by atoms with Crippen LogP contribution in [-0.2, 0) is 0 Å². The third-order valence-corrected chi connectivity index (χ3v) is 5.95. The number of aromatic nitrogens is 4. The maximum Gasteiger partial charge on any atom is 0.264 e. The van der Waals surface area contributed by atoms with Crippen LogP contribution < -0.4 is 4.90 Å². The molecule has 0 saturated carbocycles. The molecule has 1 saturated heterocycles. The molecule has 142 valence electrons. The van der Waals surface area contributed by atoms with E-state index in [1.807, 2.05) is 36.6 Å². The monoisotopic (exact) mass is 384 g/mol. The number of carbonyl (C=O) groups is 1. The van der Waals surface area contributed by atoms with Crippen molar-refractivity contribution in [1.29, 1.82) is 0 Å². The Morgan fingerprint density at radius 1 is 1.26 bits per heavy atom. The number of aryl methyl sites for hydroxylation is 1. The molecule has 0 radical (unpaired) electrons. The molecule has 0 atom stereocenters. The summed E-state index contributed by atoms with van der Waals surface area (Å²) in [7, 11) is 0. The Kier molecular flexibility index (Phi) is 5.07. The smallest absolute Gasteiger partial charge is 0.264 e. The lowest BCUT2D eigenvalue weighted by molar-refractivity contribution is 0.0655. The molecular formula is C19H24N6OS. The fourth-order valence-electron chi connectivity index (χ4n) is 3.69. The molecule has 1 aliphatic rings. The highest BCUT2D eigenvalue weighted by molar-refractivity contribution is 7.12. The maximum atomic E-state index is 12.9. The lowest BCUT2D eigenvalue weighted by Crippen LogP contribution is -2.47. The quantitative estimate of drug-likeness (QED) is 0.676. The van der Waals surface area contributed by atoms with Crippen LogP contribution in [0.15, 0.2) is 29.6 Å². The molecule has 0 aliphatic carbocycles. The third kappa shape index (κ3) is 3.53. The van der Waals surface area contributed by atoms with Crippen LogP contribution in [0.5, 0.6) is 0 Å². The molecule has 0 bridgehead atoms. The molecule has 1 amide bonds. The molecule has 4 rings (SSSR count). The molecule has 1 aliphatic heterocycles. The van der Waals surface area contributed by atoms with Crippen molar-refractivity contribution in [3.05, 3.63) is 40.3 Å². The minimum atomic E-state index is 0.171. The van der Waals surface area contributed by atoms with Crippen LogP contribution in [0, 0.1) is 6.92 Å². The minimum Gasteiger partial charge on any atom is -0.355 e. The van der Waals surface area contributed by atoms with Crippen LogP contribution >= 0.6 is 11.3 Å². The first kappa shape index (κ1) is 17.9. The summed E-state index contributed by atoms with van der Waals surface area (Å²) in [6, 6.07) is 8.11. The first-order chi connectivity index (χ1) is 13.2. The van der Waals surface area contributed by atoms with Gasteiger partial charge in [-0.25, -0.2) is 0 Å². The van der Waals surface area contributed by atoms with Crippen molar-refractivity contribution in [2.24, 2.45) is 0 Å². The van der Waals surface area contributed by atoms with Gasteiger partial charge < -0.3 is 9.80 Å². The summed E-state index contributed by atoms with van der Waals surface area (Å²) in [6.45, 7) is 6.63. The van der Waals surface area contributed by atoms with Gasteiger partial charge >= 0.3 is 0 Å². The fourth-order valence-corrected chi connectivity index (χ4v) is 4.37. The number of fused-ring (bicyclic) bond motifs is 1. The Balaban J connectivity index is 1.46. The van der Waals surface area contributed by atoms with Gasteiger partial charge in [0.25, 0.3) is 5.91 Å². The van der Waals surface area contributed by atoms with Crippen molar-refractivity contribution >= 4 is 28.7 Å². The standard InChI is InChI=1S/C19H24N6OS/c1-3-10-24(19(26)16-5-4-13-27-16)15-8-11-23(12-9-15)18-7-6-17-21-20-14(2)25(17)22-18/h4-7,13,15H,3,8-12H2,1-2H3. The Hall–Kier alpha value is -2.48. The molecule has 8 heteroatoms. The number of piperidine rings is 1. The lowest BCUT2D eigenvalue weighted by atomic mass is 10.0. The number of carbonyl (C=O) groups excluding carboxylic acids is 1. The zero-order valence-corrected chi connectivity index (χ0v) is 16.5. The Morgan fingerprint density at radius 3 is 2.78 bits per heavy atom. The van der Waals surface area contributed by atoms with Gasteiger partial charge in [-0.05, 0) is 49.8 Å². The maximum absolute atomic E-state index is 12.9. The van der Waals surface area contributed by atoms with Gasteiger partial charge in [0, 0.05) is 25.7 Å². The number of thiophene rings is 1. The SMILES string of the molecule is CCCN(C(=O)c1cccs1)C1CCN(c2ccc3nnc(C)n3n2)CC1. The van der Waals surface area contributed by atoms with Crippen LogP contribution in [0.1, 0.15) is 41.7 Å². The van der Waals surface area contributed by atoms with Gasteiger partial charge in [0.15, 0.2) is 11.5 Å². The van der Waals surface area contributed by atoms with Crippen LogP contribution in [0.25, 0.3) is 5.65 Å². The van der Waals surface area contributed by atoms with E-state index in [-0.39, 0.29) is 11.9 Å². The van der Waals surface area contributed by atoms with E-state index in [2.05, 4.69) is 32.0 Å². The highest BCUT2D eigenvalue weighted by Gasteiger charge is 2.29. The van der Waals surface area contributed by atoms with Gasteiger partial charge in [0.2, 0.25) is 0 Å². The van der Waals surface area contributed by atoms with Gasteiger partial charge in [-0.15, -0.1) is 26.6 Å². The summed E-state index contributed by atoms with van der Waals surface area (Å²) in [4.78, 5) is 18.1. The van der Waals surface area contributed by atoms with E-state index in [0.717, 1.165) is 61.1 Å². The molecule has 4 heterocycles. The van der Waals surface area contributed by atoms with Gasteiger partial charge in [-0.2, -0.15) is 4.52 Å². The molecule has 3 aromatic heterocycles. The Labute approximate surface area is 162 Å². The second-order valence-electron chi connectivity index (χ2n) is 6.90. The summed E-state index contributed by atoms with van der Waals surface area (Å²) < 4.78 is 1.78. The first-order valence-corrected chi connectivity index (χ1v) is 10.3. The summed E-state index contributed by atoms with van der Waals surface area (Å²) >= 11 is 1.52. The van der Waals surface area contributed by atoms with Crippen molar-refractivity contribution in [2.45, 2.75) is 39.2 Å². The number of anilines is 1.